The lowest BCUT2D eigenvalue weighted by Crippen LogP contribution is -2.28. The fourth-order valence-corrected chi connectivity index (χ4v) is 3.22. The van der Waals surface area contributed by atoms with Crippen LogP contribution in [-0.4, -0.2) is 17.5 Å². The molecule has 2 aromatic carbocycles. The van der Waals surface area contributed by atoms with Gasteiger partial charge in [-0.2, -0.15) is 0 Å². The van der Waals surface area contributed by atoms with E-state index in [4.69, 9.17) is 4.74 Å². The van der Waals surface area contributed by atoms with Crippen molar-refractivity contribution < 1.29 is 13.9 Å². The van der Waals surface area contributed by atoms with Crippen LogP contribution in [-0.2, 0) is 17.8 Å². The number of benzene rings is 2. The van der Waals surface area contributed by atoms with Crippen LogP contribution < -0.4 is 10.1 Å². The third kappa shape index (κ3) is 5.39. The fourth-order valence-electron chi connectivity index (χ4n) is 2.32. The van der Waals surface area contributed by atoms with Crippen LogP contribution in [0.3, 0.4) is 0 Å². The number of carbonyl (C=O) groups is 1. The topological polar surface area (TPSA) is 51.2 Å². The maximum atomic E-state index is 12.9. The van der Waals surface area contributed by atoms with Crippen LogP contribution in [0.15, 0.2) is 54.7 Å². The molecule has 1 amide bonds. The second-order valence-electron chi connectivity index (χ2n) is 5.90. The minimum Gasteiger partial charge on any atom is -0.484 e. The van der Waals surface area contributed by atoms with Gasteiger partial charge < -0.3 is 10.1 Å². The number of rotatable bonds is 7. The summed E-state index contributed by atoms with van der Waals surface area (Å²) in [4.78, 5) is 17.3. The van der Waals surface area contributed by atoms with Crippen molar-refractivity contribution in [2.45, 2.75) is 19.9 Å². The average Bonchev–Trinajstić information content (AvgIpc) is 3.09. The molecule has 0 aliphatic carbocycles. The first-order chi connectivity index (χ1) is 12.6. The minimum absolute atomic E-state index is 0.0309. The van der Waals surface area contributed by atoms with Crippen LogP contribution in [0.25, 0.3) is 0 Å². The second kappa shape index (κ2) is 8.58. The SMILES string of the molecule is Cc1ccc(OCC(=O)NCc2ncc(Cc3ccc(F)cc3)s2)cc1. The number of hydrogen-bond donors (Lipinski definition) is 1. The monoisotopic (exact) mass is 370 g/mol. The zero-order chi connectivity index (χ0) is 18.4. The van der Waals surface area contributed by atoms with E-state index in [0.29, 0.717) is 18.7 Å². The Morgan fingerprint density at radius 2 is 1.88 bits per heavy atom. The van der Waals surface area contributed by atoms with Crippen molar-refractivity contribution >= 4 is 17.2 Å². The molecular formula is C20H19FN2O2S. The number of thiazole rings is 1. The molecular weight excluding hydrogens is 351 g/mol. The van der Waals surface area contributed by atoms with Gasteiger partial charge in [0.2, 0.25) is 0 Å². The molecule has 0 fully saturated rings. The number of halogens is 1. The largest absolute Gasteiger partial charge is 0.484 e. The number of amides is 1. The van der Waals surface area contributed by atoms with Gasteiger partial charge in [0.25, 0.3) is 5.91 Å². The van der Waals surface area contributed by atoms with Crippen LogP contribution in [0.1, 0.15) is 21.0 Å². The maximum Gasteiger partial charge on any atom is 0.258 e. The molecule has 0 spiro atoms. The van der Waals surface area contributed by atoms with Gasteiger partial charge in [-0.05, 0) is 36.8 Å². The Morgan fingerprint density at radius 1 is 1.15 bits per heavy atom. The maximum absolute atomic E-state index is 12.9. The summed E-state index contributed by atoms with van der Waals surface area (Å²) < 4.78 is 18.4. The molecule has 0 unspecified atom stereocenters. The number of ether oxygens (including phenoxy) is 1. The molecule has 1 aromatic heterocycles. The highest BCUT2D eigenvalue weighted by molar-refractivity contribution is 7.11. The molecule has 4 nitrogen and oxygen atoms in total. The Morgan fingerprint density at radius 3 is 2.62 bits per heavy atom. The van der Waals surface area contributed by atoms with Crippen LogP contribution in [0.4, 0.5) is 4.39 Å². The van der Waals surface area contributed by atoms with E-state index in [1.807, 2.05) is 31.2 Å². The third-order valence-corrected chi connectivity index (χ3v) is 4.72. The van der Waals surface area contributed by atoms with E-state index in [9.17, 15) is 9.18 Å². The van der Waals surface area contributed by atoms with E-state index in [0.717, 1.165) is 21.0 Å². The summed E-state index contributed by atoms with van der Waals surface area (Å²) in [6, 6.07) is 14.0. The summed E-state index contributed by atoms with van der Waals surface area (Å²) in [5.74, 6) is 0.233. The summed E-state index contributed by atoms with van der Waals surface area (Å²) >= 11 is 1.53. The van der Waals surface area contributed by atoms with E-state index >= 15 is 0 Å². The lowest BCUT2D eigenvalue weighted by atomic mass is 10.1. The van der Waals surface area contributed by atoms with Gasteiger partial charge in [-0.15, -0.1) is 11.3 Å². The van der Waals surface area contributed by atoms with E-state index in [2.05, 4.69) is 10.3 Å². The zero-order valence-electron chi connectivity index (χ0n) is 14.4. The molecule has 0 aliphatic rings. The zero-order valence-corrected chi connectivity index (χ0v) is 15.2. The van der Waals surface area contributed by atoms with Gasteiger partial charge in [0.1, 0.15) is 16.6 Å². The summed E-state index contributed by atoms with van der Waals surface area (Å²) in [7, 11) is 0. The molecule has 0 saturated heterocycles. The first-order valence-electron chi connectivity index (χ1n) is 8.23. The molecule has 0 atom stereocenters. The Kier molecular flexibility index (Phi) is 5.96. The van der Waals surface area contributed by atoms with Crippen molar-refractivity contribution in [1.29, 1.82) is 0 Å². The van der Waals surface area contributed by atoms with Gasteiger partial charge in [-0.3, -0.25) is 4.79 Å². The molecule has 0 radical (unpaired) electrons. The highest BCUT2D eigenvalue weighted by Crippen LogP contribution is 2.17. The summed E-state index contributed by atoms with van der Waals surface area (Å²) in [6.45, 7) is 2.33. The lowest BCUT2D eigenvalue weighted by Gasteiger charge is -2.06. The predicted molar refractivity (Wildman–Crippen MR) is 99.8 cm³/mol. The van der Waals surface area contributed by atoms with E-state index < -0.39 is 0 Å². The summed E-state index contributed by atoms with van der Waals surface area (Å²) in [5.41, 5.74) is 2.17. The molecule has 0 saturated carbocycles. The minimum atomic E-state index is -0.241. The number of carbonyl (C=O) groups excluding carboxylic acids is 1. The third-order valence-electron chi connectivity index (χ3n) is 3.72. The van der Waals surface area contributed by atoms with Gasteiger partial charge in [0.15, 0.2) is 6.61 Å². The molecule has 1 heterocycles. The summed E-state index contributed by atoms with van der Waals surface area (Å²) in [6.07, 6.45) is 2.49. The van der Waals surface area contributed by atoms with E-state index in [1.54, 1.807) is 18.3 Å². The Labute approximate surface area is 155 Å². The van der Waals surface area contributed by atoms with Crippen LogP contribution in [0.2, 0.25) is 0 Å². The quantitative estimate of drug-likeness (QED) is 0.687. The van der Waals surface area contributed by atoms with Crippen LogP contribution in [0.5, 0.6) is 5.75 Å². The molecule has 3 aromatic rings. The number of nitrogens with zero attached hydrogens (tertiary/aromatic N) is 1. The van der Waals surface area contributed by atoms with Gasteiger partial charge in [-0.25, -0.2) is 9.37 Å². The predicted octanol–water partition coefficient (Wildman–Crippen LogP) is 3.88. The number of hydrogen-bond acceptors (Lipinski definition) is 4. The highest BCUT2D eigenvalue weighted by Gasteiger charge is 2.07. The second-order valence-corrected chi connectivity index (χ2v) is 7.10. The molecule has 3 rings (SSSR count). The molecule has 26 heavy (non-hydrogen) atoms. The van der Waals surface area contributed by atoms with E-state index in [1.165, 1.54) is 23.5 Å². The number of nitrogens with one attached hydrogen (secondary N) is 1. The average molecular weight is 370 g/mol. The van der Waals surface area contributed by atoms with E-state index in [-0.39, 0.29) is 18.3 Å². The van der Waals surface area contributed by atoms with Crippen LogP contribution >= 0.6 is 11.3 Å². The van der Waals surface area contributed by atoms with Gasteiger partial charge >= 0.3 is 0 Å². The fraction of sp³-hybridized carbons (Fsp3) is 0.200. The molecule has 1 N–H and O–H groups in total. The van der Waals surface area contributed by atoms with Gasteiger partial charge in [-0.1, -0.05) is 29.8 Å². The summed E-state index contributed by atoms with van der Waals surface area (Å²) in [5, 5.41) is 3.62. The standard InChI is InChI=1S/C20H19FN2O2S/c1-14-2-8-17(9-3-14)25-13-19(24)22-12-20-23-11-18(26-20)10-15-4-6-16(21)7-5-15/h2-9,11H,10,12-13H2,1H3,(H,22,24). The van der Waals surface area contributed by atoms with Gasteiger partial charge in [0, 0.05) is 17.5 Å². The number of aryl methyl sites for hydroxylation is 1. The Hall–Kier alpha value is -2.73. The van der Waals surface area contributed by atoms with Crippen LogP contribution in [0, 0.1) is 12.7 Å². The molecule has 6 heteroatoms. The smallest absolute Gasteiger partial charge is 0.258 e. The van der Waals surface area contributed by atoms with Crippen molar-refractivity contribution in [2.24, 2.45) is 0 Å². The Bertz CT molecular complexity index is 860. The van der Waals surface area contributed by atoms with Crippen molar-refractivity contribution in [3.63, 3.8) is 0 Å². The number of aromatic nitrogens is 1. The molecule has 0 aliphatic heterocycles. The van der Waals surface area contributed by atoms with Crippen molar-refractivity contribution in [2.75, 3.05) is 6.61 Å². The Balaban J connectivity index is 1.44. The first-order valence-corrected chi connectivity index (χ1v) is 9.04. The molecule has 134 valence electrons. The molecule has 0 bridgehead atoms. The first kappa shape index (κ1) is 18.1. The highest BCUT2D eigenvalue weighted by atomic mass is 32.1. The van der Waals surface area contributed by atoms with Crippen molar-refractivity contribution in [1.82, 2.24) is 10.3 Å². The normalized spacial score (nSPS) is 10.5. The van der Waals surface area contributed by atoms with Crippen molar-refractivity contribution in [3.8, 4) is 5.75 Å². The lowest BCUT2D eigenvalue weighted by molar-refractivity contribution is -0.123. The van der Waals surface area contributed by atoms with Gasteiger partial charge in [0.05, 0.1) is 6.54 Å². The van der Waals surface area contributed by atoms with Crippen molar-refractivity contribution in [3.05, 3.63) is 81.6 Å².